The van der Waals surface area contributed by atoms with Crippen LogP contribution in [0.15, 0.2) is 6.07 Å². The second-order valence-corrected chi connectivity index (χ2v) is 7.34. The molecule has 0 fully saturated rings. The minimum Gasteiger partial charge on any atom is -0.492 e. The molecule has 0 unspecified atom stereocenters. The van der Waals surface area contributed by atoms with Crippen molar-refractivity contribution in [1.82, 2.24) is 4.90 Å². The highest BCUT2D eigenvalue weighted by atomic mass is 16.7. The molecule has 0 N–H and O–H groups in total. The lowest BCUT2D eigenvalue weighted by Gasteiger charge is -2.36. The molecule has 0 amide bonds. The molecule has 0 spiro atoms. The van der Waals surface area contributed by atoms with Crippen LogP contribution in [0, 0.1) is 5.41 Å². The van der Waals surface area contributed by atoms with Gasteiger partial charge in [-0.25, -0.2) is 0 Å². The molecule has 0 aromatic heterocycles. The highest BCUT2D eigenvalue weighted by Gasteiger charge is 2.36. The Labute approximate surface area is 137 Å². The van der Waals surface area contributed by atoms with Crippen molar-refractivity contribution < 1.29 is 19.0 Å². The minimum atomic E-state index is -0.345. The molecule has 2 heterocycles. The van der Waals surface area contributed by atoms with Gasteiger partial charge in [0.2, 0.25) is 12.5 Å². The Morgan fingerprint density at radius 2 is 2.13 bits per heavy atom. The maximum Gasteiger partial charge on any atom is 0.231 e. The van der Waals surface area contributed by atoms with Gasteiger partial charge in [0.25, 0.3) is 0 Å². The smallest absolute Gasteiger partial charge is 0.231 e. The molecule has 0 bridgehead atoms. The van der Waals surface area contributed by atoms with Gasteiger partial charge in [0.1, 0.15) is 5.78 Å². The van der Waals surface area contributed by atoms with Crippen LogP contribution in [0.2, 0.25) is 0 Å². The van der Waals surface area contributed by atoms with Crippen molar-refractivity contribution in [2.75, 3.05) is 27.5 Å². The average Bonchev–Trinajstić information content (AvgIpc) is 2.94. The molecular formula is C18H25NO4. The van der Waals surface area contributed by atoms with Crippen LogP contribution in [0.1, 0.15) is 44.4 Å². The third kappa shape index (κ3) is 2.78. The summed E-state index contributed by atoms with van der Waals surface area (Å²) in [5.41, 5.74) is 1.92. The Bertz CT molecular complexity index is 633. The van der Waals surface area contributed by atoms with Crippen molar-refractivity contribution in [3.8, 4) is 17.2 Å². The number of ether oxygens (including phenoxy) is 3. The van der Waals surface area contributed by atoms with Crippen molar-refractivity contribution in [3.63, 3.8) is 0 Å². The highest BCUT2D eigenvalue weighted by molar-refractivity contribution is 5.84. The average molecular weight is 319 g/mol. The summed E-state index contributed by atoms with van der Waals surface area (Å²) in [6.07, 6.45) is 1.39. The van der Waals surface area contributed by atoms with Gasteiger partial charge < -0.3 is 14.2 Å². The van der Waals surface area contributed by atoms with Crippen LogP contribution in [-0.2, 0) is 11.2 Å². The zero-order chi connectivity index (χ0) is 16.8. The standard InChI is InChI=1S/C18H25NO4/c1-18(2,3)14(20)9-12-15-11(6-7-19(12)4)8-13-16(17(15)21-5)23-10-22-13/h8,12H,6-7,9-10H2,1-5H3/t12-/m0/s1. The van der Waals surface area contributed by atoms with Crippen LogP contribution in [0.3, 0.4) is 0 Å². The van der Waals surface area contributed by atoms with Crippen LogP contribution >= 0.6 is 0 Å². The van der Waals surface area contributed by atoms with E-state index in [-0.39, 0.29) is 24.0 Å². The Hall–Kier alpha value is -1.75. The molecule has 5 heteroatoms. The number of rotatable bonds is 3. The number of benzene rings is 1. The lowest BCUT2D eigenvalue weighted by atomic mass is 9.82. The number of carbonyl (C=O) groups excluding carboxylic acids is 1. The van der Waals surface area contributed by atoms with E-state index < -0.39 is 0 Å². The normalized spacial score (nSPS) is 20.3. The zero-order valence-electron chi connectivity index (χ0n) is 14.6. The first-order chi connectivity index (χ1) is 10.8. The Balaban J connectivity index is 2.05. The Kier molecular flexibility index (Phi) is 4.00. The van der Waals surface area contributed by atoms with E-state index in [0.717, 1.165) is 24.3 Å². The second kappa shape index (κ2) is 5.71. The number of hydrogen-bond acceptors (Lipinski definition) is 5. The largest absolute Gasteiger partial charge is 0.492 e. The number of carbonyl (C=O) groups is 1. The molecule has 0 aliphatic carbocycles. The van der Waals surface area contributed by atoms with Gasteiger partial charge in [-0.3, -0.25) is 9.69 Å². The van der Waals surface area contributed by atoms with Crippen molar-refractivity contribution >= 4 is 5.78 Å². The highest BCUT2D eigenvalue weighted by Crippen LogP contribution is 2.50. The summed E-state index contributed by atoms with van der Waals surface area (Å²) in [5, 5.41) is 0. The fraction of sp³-hybridized carbons (Fsp3) is 0.611. The molecular weight excluding hydrogens is 294 g/mol. The summed E-state index contributed by atoms with van der Waals surface area (Å²) >= 11 is 0. The van der Waals surface area contributed by atoms with E-state index in [2.05, 4.69) is 11.9 Å². The zero-order valence-corrected chi connectivity index (χ0v) is 14.6. The van der Waals surface area contributed by atoms with Crippen LogP contribution in [0.25, 0.3) is 0 Å². The summed E-state index contributed by atoms with van der Waals surface area (Å²) in [6.45, 7) is 7.04. The number of ketones is 1. The van der Waals surface area contributed by atoms with E-state index in [0.29, 0.717) is 17.9 Å². The first kappa shape index (κ1) is 16.1. The molecule has 0 saturated carbocycles. The van der Waals surface area contributed by atoms with Crippen molar-refractivity contribution in [2.24, 2.45) is 5.41 Å². The lowest BCUT2D eigenvalue weighted by Crippen LogP contribution is -2.36. The van der Waals surface area contributed by atoms with Crippen molar-refractivity contribution in [1.29, 1.82) is 0 Å². The molecule has 23 heavy (non-hydrogen) atoms. The van der Waals surface area contributed by atoms with Crippen molar-refractivity contribution in [3.05, 3.63) is 17.2 Å². The number of fused-ring (bicyclic) bond motifs is 2. The first-order valence-corrected chi connectivity index (χ1v) is 8.06. The minimum absolute atomic E-state index is 0.00919. The van der Waals surface area contributed by atoms with Crippen LogP contribution in [0.4, 0.5) is 0 Å². The summed E-state index contributed by atoms with van der Waals surface area (Å²) < 4.78 is 16.8. The van der Waals surface area contributed by atoms with Gasteiger partial charge in [0, 0.05) is 30.0 Å². The molecule has 2 aliphatic heterocycles. The van der Waals surface area contributed by atoms with E-state index in [9.17, 15) is 4.79 Å². The quantitative estimate of drug-likeness (QED) is 0.857. The monoisotopic (exact) mass is 319 g/mol. The molecule has 0 saturated heterocycles. The van der Waals surface area contributed by atoms with Gasteiger partial charge in [0.15, 0.2) is 11.5 Å². The molecule has 5 nitrogen and oxygen atoms in total. The second-order valence-electron chi connectivity index (χ2n) is 7.34. The van der Waals surface area contributed by atoms with E-state index >= 15 is 0 Å². The predicted octanol–water partition coefficient (Wildman–Crippen LogP) is 2.96. The van der Waals surface area contributed by atoms with Crippen LogP contribution in [-0.4, -0.2) is 38.2 Å². The van der Waals surface area contributed by atoms with Crippen molar-refractivity contribution in [2.45, 2.75) is 39.7 Å². The number of methoxy groups -OCH3 is 1. The number of likely N-dealkylation sites (N-methyl/N-ethyl adjacent to an activating group) is 1. The molecule has 0 radical (unpaired) electrons. The molecule has 3 rings (SSSR count). The van der Waals surface area contributed by atoms with Gasteiger partial charge in [0.05, 0.1) is 7.11 Å². The van der Waals surface area contributed by atoms with E-state index in [4.69, 9.17) is 14.2 Å². The predicted molar refractivity (Wildman–Crippen MR) is 87.3 cm³/mol. The van der Waals surface area contributed by atoms with Gasteiger partial charge in [-0.2, -0.15) is 0 Å². The molecule has 1 aromatic carbocycles. The summed E-state index contributed by atoms with van der Waals surface area (Å²) in [7, 11) is 3.71. The third-order valence-electron chi connectivity index (χ3n) is 4.76. The molecule has 1 aromatic rings. The summed E-state index contributed by atoms with van der Waals surface area (Å²) in [6, 6.07) is 2.05. The van der Waals surface area contributed by atoms with Gasteiger partial charge in [-0.05, 0) is 25.1 Å². The van der Waals surface area contributed by atoms with Crippen LogP contribution in [0.5, 0.6) is 17.2 Å². The van der Waals surface area contributed by atoms with Gasteiger partial charge in [-0.1, -0.05) is 20.8 Å². The maximum atomic E-state index is 12.6. The number of Topliss-reactive ketones (excluding diaryl/α,β-unsaturated/α-hetero) is 1. The number of hydrogen-bond donors (Lipinski definition) is 0. The molecule has 2 aliphatic rings. The fourth-order valence-electron chi connectivity index (χ4n) is 3.26. The van der Waals surface area contributed by atoms with E-state index in [1.165, 1.54) is 5.56 Å². The number of nitrogens with zero attached hydrogens (tertiary/aromatic N) is 1. The molecule has 1 atom stereocenters. The molecule has 126 valence electrons. The van der Waals surface area contributed by atoms with E-state index in [1.54, 1.807) is 7.11 Å². The van der Waals surface area contributed by atoms with Crippen LogP contribution < -0.4 is 14.2 Å². The first-order valence-electron chi connectivity index (χ1n) is 8.06. The Morgan fingerprint density at radius 3 is 2.78 bits per heavy atom. The van der Waals surface area contributed by atoms with Gasteiger partial charge in [-0.15, -0.1) is 0 Å². The third-order valence-corrected chi connectivity index (χ3v) is 4.76. The fourth-order valence-corrected chi connectivity index (χ4v) is 3.26. The summed E-state index contributed by atoms with van der Waals surface area (Å²) in [5.74, 6) is 2.37. The topological polar surface area (TPSA) is 48.0 Å². The summed E-state index contributed by atoms with van der Waals surface area (Å²) in [4.78, 5) is 14.8. The Morgan fingerprint density at radius 1 is 1.39 bits per heavy atom. The van der Waals surface area contributed by atoms with E-state index in [1.807, 2.05) is 26.8 Å². The van der Waals surface area contributed by atoms with Gasteiger partial charge >= 0.3 is 0 Å². The maximum absolute atomic E-state index is 12.6. The lowest BCUT2D eigenvalue weighted by molar-refractivity contribution is -0.127. The SMILES string of the molecule is COc1c2c(cc3c1[C@H](CC(=O)C(C)(C)C)N(C)CC3)OCO2.